The van der Waals surface area contributed by atoms with Crippen molar-refractivity contribution in [1.29, 1.82) is 0 Å². The van der Waals surface area contributed by atoms with Crippen LogP contribution in [0.4, 0.5) is 0 Å². The van der Waals surface area contributed by atoms with Crippen LogP contribution >= 0.6 is 0 Å². The quantitative estimate of drug-likeness (QED) is 0.791. The zero-order chi connectivity index (χ0) is 13.2. The number of hydrogen-bond acceptors (Lipinski definition) is 2. The van der Waals surface area contributed by atoms with Crippen LogP contribution in [0.25, 0.3) is 10.9 Å². The van der Waals surface area contributed by atoms with Crippen LogP contribution in [-0.2, 0) is 28.9 Å². The normalized spacial score (nSPS) is 14.4. The molecule has 3 heteroatoms. The molecule has 3 rings (SSSR count). The maximum absolute atomic E-state index is 11.4. The van der Waals surface area contributed by atoms with Gasteiger partial charge in [-0.1, -0.05) is 18.2 Å². The second kappa shape index (κ2) is 5.08. The summed E-state index contributed by atoms with van der Waals surface area (Å²) < 4.78 is 7.07. The highest BCUT2D eigenvalue weighted by Crippen LogP contribution is 2.32. The zero-order valence-corrected chi connectivity index (χ0v) is 11.3. The summed E-state index contributed by atoms with van der Waals surface area (Å²) in [6.07, 6.45) is 5.27. The van der Waals surface area contributed by atoms with E-state index in [0.717, 1.165) is 13.0 Å². The average molecular weight is 257 g/mol. The molecule has 0 saturated heterocycles. The van der Waals surface area contributed by atoms with Crippen molar-refractivity contribution in [2.24, 2.45) is 0 Å². The molecule has 0 spiro atoms. The first kappa shape index (κ1) is 12.3. The summed E-state index contributed by atoms with van der Waals surface area (Å²) in [4.78, 5) is 11.4. The smallest absolute Gasteiger partial charge is 0.307 e. The summed E-state index contributed by atoms with van der Waals surface area (Å²) in [6.45, 7) is 0.725. The minimum atomic E-state index is -0.137. The Morgan fingerprint density at radius 1 is 1.26 bits per heavy atom. The van der Waals surface area contributed by atoms with E-state index in [1.807, 2.05) is 0 Å². The van der Waals surface area contributed by atoms with Gasteiger partial charge in [-0.15, -0.1) is 0 Å². The fourth-order valence-electron chi connectivity index (χ4n) is 3.15. The summed E-state index contributed by atoms with van der Waals surface area (Å²) in [7, 11) is 1.45. The van der Waals surface area contributed by atoms with Crippen molar-refractivity contribution in [3.05, 3.63) is 35.5 Å². The third-order valence-corrected chi connectivity index (χ3v) is 4.05. The Bertz CT molecular complexity index is 612. The summed E-state index contributed by atoms with van der Waals surface area (Å²) in [5.41, 5.74) is 4.18. The fourth-order valence-corrected chi connectivity index (χ4v) is 3.15. The number of aryl methyl sites for hydroxylation is 2. The van der Waals surface area contributed by atoms with Crippen molar-refractivity contribution >= 4 is 16.9 Å². The molecule has 2 aromatic rings. The average Bonchev–Trinajstić information content (AvgIpc) is 2.79. The van der Waals surface area contributed by atoms with E-state index in [4.69, 9.17) is 4.74 Å². The van der Waals surface area contributed by atoms with Crippen molar-refractivity contribution in [3.8, 4) is 0 Å². The lowest BCUT2D eigenvalue weighted by Crippen LogP contribution is -2.12. The van der Waals surface area contributed by atoms with E-state index in [1.54, 1.807) is 0 Å². The van der Waals surface area contributed by atoms with Crippen LogP contribution in [0, 0.1) is 0 Å². The highest BCUT2D eigenvalue weighted by molar-refractivity contribution is 5.86. The molecule has 3 nitrogen and oxygen atoms in total. The highest BCUT2D eigenvalue weighted by Gasteiger charge is 2.19. The number of methoxy groups -OCH3 is 1. The van der Waals surface area contributed by atoms with Gasteiger partial charge in [0.15, 0.2) is 0 Å². The van der Waals surface area contributed by atoms with Gasteiger partial charge in [0.2, 0.25) is 0 Å². The number of esters is 1. The monoisotopic (exact) mass is 257 g/mol. The molecule has 1 aromatic carbocycles. The minimum absolute atomic E-state index is 0.137. The van der Waals surface area contributed by atoms with Gasteiger partial charge in [-0.25, -0.2) is 0 Å². The predicted molar refractivity (Wildman–Crippen MR) is 75.2 cm³/mol. The topological polar surface area (TPSA) is 31.2 Å². The van der Waals surface area contributed by atoms with E-state index in [0.29, 0.717) is 6.42 Å². The molecule has 1 heterocycles. The third-order valence-electron chi connectivity index (χ3n) is 4.05. The maximum Gasteiger partial charge on any atom is 0.307 e. The van der Waals surface area contributed by atoms with Crippen LogP contribution in [0.3, 0.4) is 0 Å². The summed E-state index contributed by atoms with van der Waals surface area (Å²) in [5.74, 6) is -0.137. The van der Waals surface area contributed by atoms with Crippen LogP contribution < -0.4 is 0 Å². The predicted octanol–water partition coefficient (Wildman–Crippen LogP) is 3.08. The number of aromatic nitrogens is 1. The molecule has 0 fully saturated rings. The molecular formula is C16H19NO2. The summed E-state index contributed by atoms with van der Waals surface area (Å²) in [5, 5.41) is 1.36. The maximum atomic E-state index is 11.4. The fraction of sp³-hybridized carbons (Fsp3) is 0.438. The van der Waals surface area contributed by atoms with E-state index in [1.165, 1.54) is 48.5 Å². The number of para-hydroxylation sites is 1. The SMILES string of the molecule is COC(=O)CCn1c2c(c3ccccc31)CCCC2. The van der Waals surface area contributed by atoms with Crippen molar-refractivity contribution in [2.45, 2.75) is 38.6 Å². The first-order valence-corrected chi connectivity index (χ1v) is 6.97. The number of carbonyl (C=O) groups excluding carboxylic acids is 1. The van der Waals surface area contributed by atoms with Gasteiger partial charge in [-0.3, -0.25) is 4.79 Å². The van der Waals surface area contributed by atoms with E-state index in [2.05, 4.69) is 28.8 Å². The van der Waals surface area contributed by atoms with Crippen molar-refractivity contribution in [2.75, 3.05) is 7.11 Å². The van der Waals surface area contributed by atoms with Gasteiger partial charge in [-0.2, -0.15) is 0 Å². The molecule has 1 aromatic heterocycles. The number of benzene rings is 1. The van der Waals surface area contributed by atoms with Crippen LogP contribution in [0.2, 0.25) is 0 Å². The molecule has 19 heavy (non-hydrogen) atoms. The Balaban J connectivity index is 2.04. The van der Waals surface area contributed by atoms with Crippen molar-refractivity contribution in [3.63, 3.8) is 0 Å². The van der Waals surface area contributed by atoms with Gasteiger partial charge in [0.25, 0.3) is 0 Å². The molecule has 1 aliphatic rings. The van der Waals surface area contributed by atoms with Crippen molar-refractivity contribution < 1.29 is 9.53 Å². The molecule has 0 radical (unpaired) electrons. The van der Waals surface area contributed by atoms with Crippen molar-refractivity contribution in [1.82, 2.24) is 4.57 Å². The largest absolute Gasteiger partial charge is 0.469 e. The number of ether oxygens (including phenoxy) is 1. The zero-order valence-electron chi connectivity index (χ0n) is 11.3. The van der Waals surface area contributed by atoms with Gasteiger partial charge in [0.1, 0.15) is 0 Å². The van der Waals surface area contributed by atoms with E-state index in [9.17, 15) is 4.79 Å². The Kier molecular flexibility index (Phi) is 3.28. The summed E-state index contributed by atoms with van der Waals surface area (Å²) in [6, 6.07) is 8.53. The van der Waals surface area contributed by atoms with Crippen LogP contribution in [-0.4, -0.2) is 17.6 Å². The molecule has 0 amide bonds. The standard InChI is InChI=1S/C16H19NO2/c1-19-16(18)10-11-17-14-8-4-2-6-12(14)13-7-3-5-9-15(13)17/h2,4,6,8H,3,5,7,9-11H2,1H3. The second-order valence-electron chi connectivity index (χ2n) is 5.13. The molecule has 0 bridgehead atoms. The van der Waals surface area contributed by atoms with Crippen LogP contribution in [0.5, 0.6) is 0 Å². The van der Waals surface area contributed by atoms with Gasteiger partial charge >= 0.3 is 5.97 Å². The number of nitrogens with zero attached hydrogens (tertiary/aromatic N) is 1. The molecule has 0 saturated carbocycles. The lowest BCUT2D eigenvalue weighted by molar-refractivity contribution is -0.140. The first-order valence-electron chi connectivity index (χ1n) is 6.97. The summed E-state index contributed by atoms with van der Waals surface area (Å²) >= 11 is 0. The number of fused-ring (bicyclic) bond motifs is 3. The van der Waals surface area contributed by atoms with Crippen LogP contribution in [0.1, 0.15) is 30.5 Å². The lowest BCUT2D eigenvalue weighted by atomic mass is 9.95. The van der Waals surface area contributed by atoms with E-state index < -0.39 is 0 Å². The number of rotatable bonds is 3. The van der Waals surface area contributed by atoms with Gasteiger partial charge in [0.05, 0.1) is 13.5 Å². The minimum Gasteiger partial charge on any atom is -0.469 e. The second-order valence-corrected chi connectivity index (χ2v) is 5.13. The van der Waals surface area contributed by atoms with Crippen LogP contribution in [0.15, 0.2) is 24.3 Å². The Hall–Kier alpha value is -1.77. The molecule has 1 aliphatic carbocycles. The Morgan fingerprint density at radius 3 is 2.89 bits per heavy atom. The Morgan fingerprint density at radius 2 is 2.05 bits per heavy atom. The number of carbonyl (C=O) groups is 1. The first-order chi connectivity index (χ1) is 9.31. The van der Waals surface area contributed by atoms with Gasteiger partial charge in [-0.05, 0) is 37.3 Å². The molecular weight excluding hydrogens is 238 g/mol. The van der Waals surface area contributed by atoms with E-state index >= 15 is 0 Å². The van der Waals surface area contributed by atoms with E-state index in [-0.39, 0.29) is 5.97 Å². The third kappa shape index (κ3) is 2.14. The number of hydrogen-bond donors (Lipinski definition) is 0. The highest BCUT2D eigenvalue weighted by atomic mass is 16.5. The molecule has 0 N–H and O–H groups in total. The Labute approximate surface area is 113 Å². The van der Waals surface area contributed by atoms with Gasteiger partial charge in [0, 0.05) is 23.1 Å². The molecule has 0 unspecified atom stereocenters. The molecule has 0 aliphatic heterocycles. The molecule has 0 atom stereocenters. The van der Waals surface area contributed by atoms with Gasteiger partial charge < -0.3 is 9.30 Å². The molecule has 100 valence electrons. The lowest BCUT2D eigenvalue weighted by Gasteiger charge is -2.15.